The van der Waals surface area contributed by atoms with E-state index in [-0.39, 0.29) is 21.2 Å². The molecule has 1 aromatic heterocycles. The Morgan fingerprint density at radius 1 is 1.05 bits per heavy atom. The number of fused-ring (bicyclic) bond motifs is 5. The van der Waals surface area contributed by atoms with Crippen LogP contribution in [0.25, 0.3) is 27.7 Å². The van der Waals surface area contributed by atoms with E-state index in [1.807, 2.05) is 0 Å². The average molecular weight is 608 g/mol. The second-order valence-electron chi connectivity index (χ2n) is 11.0. The molecule has 3 heteroatoms. The number of alkyl halides is 1. The molecule has 1 aliphatic heterocycles. The third kappa shape index (κ3) is 3.87. The van der Waals surface area contributed by atoms with Crippen LogP contribution in [0, 0.1) is 9.49 Å². The Balaban J connectivity index is 1.41. The molecule has 0 spiro atoms. The van der Waals surface area contributed by atoms with Gasteiger partial charge in [0.1, 0.15) is 0 Å². The zero-order chi connectivity index (χ0) is 26.0. The molecule has 0 amide bonds. The van der Waals surface area contributed by atoms with Crippen LogP contribution in [-0.2, 0) is 6.54 Å². The Labute approximate surface area is 235 Å². The number of benzene rings is 3. The second kappa shape index (κ2) is 9.25. The van der Waals surface area contributed by atoms with Crippen LogP contribution in [0.2, 0.25) is 0 Å². The number of nitrogens with two attached hydrogens (primary N) is 1. The van der Waals surface area contributed by atoms with E-state index in [1.165, 1.54) is 61.3 Å². The van der Waals surface area contributed by atoms with Gasteiger partial charge in [0.25, 0.3) is 0 Å². The molecule has 2 N–H and O–H groups in total. The van der Waals surface area contributed by atoms with Crippen LogP contribution in [-0.4, -0.2) is 4.57 Å². The number of hydrogen-bond acceptors (Lipinski definition) is 1. The number of rotatable bonds is 4. The Kier molecular flexibility index (Phi) is 5.82. The van der Waals surface area contributed by atoms with E-state index in [1.54, 1.807) is 9.14 Å². The minimum atomic E-state index is -0.230. The van der Waals surface area contributed by atoms with Gasteiger partial charge in [0.2, 0.25) is 0 Å². The van der Waals surface area contributed by atoms with Gasteiger partial charge in [-0.15, -0.1) is 0 Å². The maximum atomic E-state index is 6.32. The van der Waals surface area contributed by atoms with Crippen molar-refractivity contribution < 1.29 is 21.2 Å². The number of nitrogens with zero attached hydrogens (tertiary/aromatic N) is 1. The van der Waals surface area contributed by atoms with Crippen molar-refractivity contribution in [2.75, 3.05) is 0 Å². The molecule has 4 aromatic rings. The summed E-state index contributed by atoms with van der Waals surface area (Å²) in [6.07, 6.45) is 10.5. The first-order valence-electron chi connectivity index (χ1n) is 13.5. The number of para-hydroxylation sites is 1. The third-order valence-corrected chi connectivity index (χ3v) is 11.5. The molecule has 2 atom stereocenters. The van der Waals surface area contributed by atoms with Gasteiger partial charge in [0, 0.05) is 0 Å². The zero-order valence-corrected chi connectivity index (χ0v) is 24.3. The Bertz CT molecular complexity index is 1740. The normalized spacial score (nSPS) is 20.6. The monoisotopic (exact) mass is 607 g/mol. The first-order chi connectivity index (χ1) is 18.5. The molecule has 3 aliphatic rings. The van der Waals surface area contributed by atoms with Crippen molar-refractivity contribution in [1.29, 1.82) is 0 Å². The molecule has 0 saturated heterocycles. The van der Waals surface area contributed by atoms with Crippen molar-refractivity contribution >= 4 is 22.0 Å². The molecule has 2 nitrogen and oxygen atoms in total. The molecule has 0 fully saturated rings. The van der Waals surface area contributed by atoms with E-state index in [0.29, 0.717) is 16.4 Å². The fraction of sp³-hybridized carbons (Fsp3) is 0.200. The van der Waals surface area contributed by atoms with Gasteiger partial charge in [-0.1, -0.05) is 0 Å². The fourth-order valence-corrected chi connectivity index (χ4v) is 9.63. The summed E-state index contributed by atoms with van der Waals surface area (Å²) in [5.41, 5.74) is 21.5. The summed E-state index contributed by atoms with van der Waals surface area (Å²) < 4.78 is 4.49. The topological polar surface area (TPSA) is 30.9 Å². The van der Waals surface area contributed by atoms with E-state index in [9.17, 15) is 0 Å². The zero-order valence-electron chi connectivity index (χ0n) is 22.1. The Morgan fingerprint density at radius 2 is 1.87 bits per heavy atom. The predicted octanol–water partition coefficient (Wildman–Crippen LogP) is 5.16. The molecule has 38 heavy (non-hydrogen) atoms. The van der Waals surface area contributed by atoms with Gasteiger partial charge < -0.3 is 0 Å². The van der Waals surface area contributed by atoms with Crippen LogP contribution < -0.4 is 26.9 Å². The van der Waals surface area contributed by atoms with Crippen LogP contribution in [0.4, 0.5) is 0 Å². The number of aromatic nitrogens is 1. The molecule has 0 radical (unpaired) electrons. The molecule has 7 rings (SSSR count). The van der Waals surface area contributed by atoms with Crippen molar-refractivity contribution in [3.05, 3.63) is 134 Å². The molecule has 2 aliphatic carbocycles. The van der Waals surface area contributed by atoms with Crippen LogP contribution in [0.5, 0.6) is 0 Å². The van der Waals surface area contributed by atoms with Gasteiger partial charge >= 0.3 is 237 Å². The van der Waals surface area contributed by atoms with Crippen molar-refractivity contribution in [3.63, 3.8) is 0 Å². The van der Waals surface area contributed by atoms with Crippen molar-refractivity contribution in [3.8, 4) is 5.69 Å². The SMILES string of the molecule is CC(C)=CC=C1c2c1n(-c1cc(CN)cc(C3[I-]c4ccccc4C4=C3C=CC(C)C4)c1)c1ccccc21. The molecule has 2 unspecified atom stereocenters. The van der Waals surface area contributed by atoms with Crippen LogP contribution in [0.1, 0.15) is 59.1 Å². The van der Waals surface area contributed by atoms with Crippen molar-refractivity contribution in [2.45, 2.75) is 37.7 Å². The van der Waals surface area contributed by atoms with Gasteiger partial charge in [-0.3, -0.25) is 0 Å². The molecule has 0 saturated carbocycles. The minimum absolute atomic E-state index is 0.230. The molecule has 0 bridgehead atoms. The average Bonchev–Trinajstić information content (AvgIpc) is 3.53. The first kappa shape index (κ1) is 23.9. The molecular formula is C35H32IN2-. The van der Waals surface area contributed by atoms with Crippen molar-refractivity contribution in [2.24, 2.45) is 11.7 Å². The van der Waals surface area contributed by atoms with Crippen molar-refractivity contribution in [1.82, 2.24) is 4.57 Å². The maximum absolute atomic E-state index is 6.32. The summed E-state index contributed by atoms with van der Waals surface area (Å²) in [6, 6.07) is 25.1. The number of hydrogen-bond donors (Lipinski definition) is 1. The van der Waals surface area contributed by atoms with E-state index >= 15 is 0 Å². The second-order valence-corrected chi connectivity index (χ2v) is 14.0. The third-order valence-electron chi connectivity index (χ3n) is 7.88. The first-order valence-corrected chi connectivity index (χ1v) is 15.8. The molecule has 3 aromatic carbocycles. The molecular weight excluding hydrogens is 575 g/mol. The van der Waals surface area contributed by atoms with Gasteiger partial charge in [0.15, 0.2) is 0 Å². The Morgan fingerprint density at radius 3 is 2.71 bits per heavy atom. The summed E-state index contributed by atoms with van der Waals surface area (Å²) in [6.45, 7) is 7.19. The predicted molar refractivity (Wildman–Crippen MR) is 155 cm³/mol. The van der Waals surface area contributed by atoms with Crippen LogP contribution in [0.15, 0.2) is 102 Å². The number of allylic oxidation sites excluding steroid dienone is 7. The van der Waals surface area contributed by atoms with Crippen LogP contribution in [0.3, 0.4) is 0 Å². The summed E-state index contributed by atoms with van der Waals surface area (Å²) in [7, 11) is 0. The van der Waals surface area contributed by atoms with Gasteiger partial charge in [-0.2, -0.15) is 0 Å². The van der Waals surface area contributed by atoms with Gasteiger partial charge in [-0.05, 0) is 0 Å². The quantitative estimate of drug-likeness (QED) is 0.222. The molecule has 190 valence electrons. The van der Waals surface area contributed by atoms with Crippen LogP contribution >= 0.6 is 0 Å². The van der Waals surface area contributed by atoms with E-state index in [0.717, 1.165) is 6.42 Å². The standard InChI is InChI=1S/C35H32IN2/c1-21(2)12-14-29-33-28-9-5-7-11-32(28)38(35(29)33)25-18-23(20-37)17-24(19-25)34-27-15-13-22(3)16-30(27)26-8-4-6-10-31(26)36-34/h4-15,17-19,22,34H,16,20,37H2,1-3H3/q-1. The van der Waals surface area contributed by atoms with Gasteiger partial charge in [0.05, 0.1) is 0 Å². The summed E-state index contributed by atoms with van der Waals surface area (Å²) in [5, 5.41) is 1.34. The number of halogens is 1. The Hall–Kier alpha value is -3.15. The van der Waals surface area contributed by atoms with E-state index < -0.39 is 0 Å². The summed E-state index contributed by atoms with van der Waals surface area (Å²) in [4.78, 5) is 0. The van der Waals surface area contributed by atoms with Gasteiger partial charge in [-0.25, -0.2) is 0 Å². The van der Waals surface area contributed by atoms with E-state index in [2.05, 4.69) is 116 Å². The fourth-order valence-electron chi connectivity index (χ4n) is 6.07. The summed E-state index contributed by atoms with van der Waals surface area (Å²) in [5.74, 6) is 0.581. The van der Waals surface area contributed by atoms with E-state index in [4.69, 9.17) is 5.73 Å². The summed E-state index contributed by atoms with van der Waals surface area (Å²) >= 11 is -0.230. The molecule has 2 heterocycles.